The molecule has 3 heterocycles. The van der Waals surface area contributed by atoms with Crippen molar-refractivity contribution < 1.29 is 13.9 Å². The Bertz CT molecular complexity index is 870. The number of thioether (sulfide) groups is 1. The summed E-state index contributed by atoms with van der Waals surface area (Å²) < 4.78 is 10.8. The molecule has 144 valence electrons. The largest absolute Gasteiger partial charge is 0.422 e. The summed E-state index contributed by atoms with van der Waals surface area (Å²) in [5, 5.41) is 3.77. The van der Waals surface area contributed by atoms with Crippen LogP contribution < -0.4 is 10.9 Å². The van der Waals surface area contributed by atoms with Gasteiger partial charge in [0, 0.05) is 30.6 Å². The molecule has 27 heavy (non-hydrogen) atoms. The number of carbonyl (C=O) groups is 1. The van der Waals surface area contributed by atoms with Gasteiger partial charge in [0.25, 0.3) is 5.91 Å². The summed E-state index contributed by atoms with van der Waals surface area (Å²) >= 11 is 1.96. The Balaban J connectivity index is 1.53. The average molecular weight is 388 g/mol. The second-order valence-corrected chi connectivity index (χ2v) is 8.33. The second-order valence-electron chi connectivity index (χ2n) is 7.10. The maximum absolute atomic E-state index is 12.8. The van der Waals surface area contributed by atoms with Crippen LogP contribution in [0.2, 0.25) is 0 Å². The van der Waals surface area contributed by atoms with Crippen LogP contribution in [0.1, 0.15) is 23.2 Å². The second kappa shape index (κ2) is 8.04. The lowest BCUT2D eigenvalue weighted by atomic mass is 9.89. The van der Waals surface area contributed by atoms with Crippen molar-refractivity contribution >= 4 is 28.6 Å². The number of rotatable bonds is 4. The van der Waals surface area contributed by atoms with Gasteiger partial charge in [-0.25, -0.2) is 4.79 Å². The number of hydrogen-bond acceptors (Lipinski definition) is 6. The van der Waals surface area contributed by atoms with Gasteiger partial charge in [-0.3, -0.25) is 9.69 Å². The molecule has 0 unspecified atom stereocenters. The minimum atomic E-state index is -0.592. The van der Waals surface area contributed by atoms with Crippen molar-refractivity contribution in [3.05, 3.63) is 46.3 Å². The van der Waals surface area contributed by atoms with E-state index in [9.17, 15) is 9.59 Å². The van der Waals surface area contributed by atoms with Gasteiger partial charge in [-0.2, -0.15) is 11.8 Å². The molecule has 1 aromatic heterocycles. The first kappa shape index (κ1) is 18.5. The zero-order valence-corrected chi connectivity index (χ0v) is 16.1. The molecule has 2 saturated heterocycles. The number of fused-ring (bicyclic) bond motifs is 1. The standard InChI is InChI=1S/C20H24N2O4S/c23-18(16-13-15-3-1-2-4-17(15)26-19(16)24)21-14-20(5-11-27-12-6-20)22-7-9-25-10-8-22/h1-4,13H,5-12,14H2,(H,21,23). The zero-order valence-electron chi connectivity index (χ0n) is 15.2. The normalized spacial score (nSPS) is 20.4. The van der Waals surface area contributed by atoms with Gasteiger partial charge in [-0.15, -0.1) is 0 Å². The summed E-state index contributed by atoms with van der Waals surface area (Å²) in [5.41, 5.74) is -0.0863. The smallest absolute Gasteiger partial charge is 0.349 e. The number of para-hydroxylation sites is 1. The molecule has 0 aliphatic carbocycles. The van der Waals surface area contributed by atoms with Crippen LogP contribution in [0, 0.1) is 0 Å². The summed E-state index contributed by atoms with van der Waals surface area (Å²) in [5.74, 6) is 1.82. The molecule has 1 aromatic carbocycles. The van der Waals surface area contributed by atoms with Crippen LogP contribution in [0.3, 0.4) is 0 Å². The lowest BCUT2D eigenvalue weighted by Gasteiger charge is -2.48. The van der Waals surface area contributed by atoms with Crippen LogP contribution >= 0.6 is 11.8 Å². The number of nitrogens with zero attached hydrogens (tertiary/aromatic N) is 1. The average Bonchev–Trinajstić information content (AvgIpc) is 2.73. The van der Waals surface area contributed by atoms with E-state index < -0.39 is 5.63 Å². The molecule has 2 aromatic rings. The van der Waals surface area contributed by atoms with Gasteiger partial charge in [0.1, 0.15) is 11.1 Å². The molecule has 2 aliphatic heterocycles. The van der Waals surface area contributed by atoms with Gasteiger partial charge in [0.05, 0.1) is 13.2 Å². The zero-order chi connectivity index (χ0) is 18.7. The molecule has 2 fully saturated rings. The van der Waals surface area contributed by atoms with Crippen LogP contribution in [0.4, 0.5) is 0 Å². The Hall–Kier alpha value is -1.83. The van der Waals surface area contributed by atoms with Gasteiger partial charge < -0.3 is 14.5 Å². The molecule has 0 atom stereocenters. The molecule has 2 aliphatic rings. The lowest BCUT2D eigenvalue weighted by molar-refractivity contribution is -0.0255. The highest BCUT2D eigenvalue weighted by molar-refractivity contribution is 7.99. The van der Waals surface area contributed by atoms with E-state index in [1.807, 2.05) is 23.9 Å². The quantitative estimate of drug-likeness (QED) is 0.809. The predicted molar refractivity (Wildman–Crippen MR) is 106 cm³/mol. The molecule has 1 amide bonds. The van der Waals surface area contributed by atoms with Crippen LogP contribution in [-0.4, -0.2) is 60.7 Å². The third-order valence-electron chi connectivity index (χ3n) is 5.57. The minimum absolute atomic E-state index is 0.0538. The van der Waals surface area contributed by atoms with Gasteiger partial charge >= 0.3 is 5.63 Å². The highest BCUT2D eigenvalue weighted by Gasteiger charge is 2.39. The summed E-state index contributed by atoms with van der Waals surface area (Å²) in [7, 11) is 0. The van der Waals surface area contributed by atoms with Crippen LogP contribution in [-0.2, 0) is 4.74 Å². The molecule has 1 N–H and O–H groups in total. The Labute approximate surface area is 162 Å². The molecule has 0 radical (unpaired) electrons. The SMILES string of the molecule is O=C(NCC1(N2CCOCC2)CCSCC1)c1cc2ccccc2oc1=O. The van der Waals surface area contributed by atoms with Gasteiger partial charge in [-0.05, 0) is 36.5 Å². The van der Waals surface area contributed by atoms with E-state index in [0.717, 1.165) is 56.0 Å². The number of benzene rings is 1. The van der Waals surface area contributed by atoms with Crippen LogP contribution in [0.5, 0.6) is 0 Å². The number of ether oxygens (including phenoxy) is 1. The molecule has 6 nitrogen and oxygen atoms in total. The predicted octanol–water partition coefficient (Wildman–Crippen LogP) is 2.12. The fourth-order valence-corrected chi connectivity index (χ4v) is 5.21. The maximum Gasteiger partial charge on any atom is 0.349 e. The lowest BCUT2D eigenvalue weighted by Crippen LogP contribution is -2.60. The van der Waals surface area contributed by atoms with Gasteiger partial charge in [0.15, 0.2) is 0 Å². The van der Waals surface area contributed by atoms with E-state index in [1.54, 1.807) is 18.2 Å². The number of hydrogen-bond donors (Lipinski definition) is 1. The molecular weight excluding hydrogens is 364 g/mol. The van der Waals surface area contributed by atoms with Gasteiger partial charge in [0.2, 0.25) is 0 Å². The summed E-state index contributed by atoms with van der Waals surface area (Å²) in [6, 6.07) is 8.85. The third kappa shape index (κ3) is 3.90. The van der Waals surface area contributed by atoms with Crippen LogP contribution in [0.15, 0.2) is 39.5 Å². The Morgan fingerprint density at radius 1 is 1.19 bits per heavy atom. The first-order chi connectivity index (χ1) is 13.2. The third-order valence-corrected chi connectivity index (χ3v) is 6.56. The minimum Gasteiger partial charge on any atom is -0.422 e. The molecular formula is C20H24N2O4S. The monoisotopic (exact) mass is 388 g/mol. The summed E-state index contributed by atoms with van der Waals surface area (Å²) in [6.07, 6.45) is 2.06. The molecule has 4 rings (SSSR count). The highest BCUT2D eigenvalue weighted by atomic mass is 32.2. The Kier molecular flexibility index (Phi) is 5.52. The van der Waals surface area contributed by atoms with Gasteiger partial charge in [-0.1, -0.05) is 18.2 Å². The van der Waals surface area contributed by atoms with Crippen LogP contribution in [0.25, 0.3) is 11.0 Å². The van der Waals surface area contributed by atoms with E-state index in [-0.39, 0.29) is 17.0 Å². The topological polar surface area (TPSA) is 71.8 Å². The van der Waals surface area contributed by atoms with Crippen molar-refractivity contribution in [3.8, 4) is 0 Å². The molecule has 7 heteroatoms. The highest BCUT2D eigenvalue weighted by Crippen LogP contribution is 2.32. The number of carbonyl (C=O) groups excluding carboxylic acids is 1. The van der Waals surface area contributed by atoms with Crippen molar-refractivity contribution in [2.24, 2.45) is 0 Å². The Morgan fingerprint density at radius 2 is 1.93 bits per heavy atom. The number of amides is 1. The fraction of sp³-hybridized carbons (Fsp3) is 0.500. The van der Waals surface area contributed by atoms with Crippen molar-refractivity contribution in [1.82, 2.24) is 10.2 Å². The maximum atomic E-state index is 12.8. The first-order valence-corrected chi connectivity index (χ1v) is 10.6. The van der Waals surface area contributed by atoms with Crippen molar-refractivity contribution in [2.75, 3.05) is 44.4 Å². The van der Waals surface area contributed by atoms with E-state index >= 15 is 0 Å². The van der Waals surface area contributed by atoms with E-state index in [0.29, 0.717) is 12.1 Å². The molecule has 0 saturated carbocycles. The summed E-state index contributed by atoms with van der Waals surface area (Å²) in [4.78, 5) is 27.5. The Morgan fingerprint density at radius 3 is 2.70 bits per heavy atom. The van der Waals surface area contributed by atoms with E-state index in [4.69, 9.17) is 9.15 Å². The fourth-order valence-electron chi connectivity index (χ4n) is 3.95. The summed E-state index contributed by atoms with van der Waals surface area (Å²) in [6.45, 7) is 3.78. The first-order valence-electron chi connectivity index (χ1n) is 9.40. The molecule has 0 spiro atoms. The number of morpholine rings is 1. The van der Waals surface area contributed by atoms with Crippen molar-refractivity contribution in [1.29, 1.82) is 0 Å². The van der Waals surface area contributed by atoms with Crippen molar-refractivity contribution in [3.63, 3.8) is 0 Å². The van der Waals surface area contributed by atoms with E-state index in [2.05, 4.69) is 10.2 Å². The number of nitrogens with one attached hydrogen (secondary N) is 1. The van der Waals surface area contributed by atoms with Crippen molar-refractivity contribution in [2.45, 2.75) is 18.4 Å². The molecule has 0 bridgehead atoms. The van der Waals surface area contributed by atoms with E-state index in [1.165, 1.54) is 0 Å².